The number of hydrogen-bond acceptors (Lipinski definition) is 6. The summed E-state index contributed by atoms with van der Waals surface area (Å²) in [5, 5.41) is 3.46. The molecule has 0 radical (unpaired) electrons. The number of amides is 2. The van der Waals surface area contributed by atoms with Gasteiger partial charge in [-0.2, -0.15) is 0 Å². The number of nitrogens with one attached hydrogen (secondary N) is 1. The topological polar surface area (TPSA) is 93.9 Å². The van der Waals surface area contributed by atoms with Crippen molar-refractivity contribution in [3.05, 3.63) is 39.8 Å². The molecule has 2 aromatic rings. The molecule has 2 aliphatic rings. The van der Waals surface area contributed by atoms with Crippen LogP contribution >= 0.6 is 23.7 Å². The van der Waals surface area contributed by atoms with E-state index in [1.807, 2.05) is 6.07 Å². The van der Waals surface area contributed by atoms with Crippen LogP contribution in [0.2, 0.25) is 0 Å². The standard InChI is InChI=1S/C20H23N3O4S.ClH/c1-2-6-23-7-5-13-16(10-23)28-20(18(13)19(21)25)22-17(24)9-12-3-4-14-15(8-12)27-11-26-14;/h3-4,8H,2,5-7,9-11H2,1H3,(H2,21,25)(H,22,24);1H. The van der Waals surface area contributed by atoms with Gasteiger partial charge in [0.15, 0.2) is 11.5 Å². The van der Waals surface area contributed by atoms with E-state index in [2.05, 4.69) is 17.1 Å². The van der Waals surface area contributed by atoms with E-state index in [9.17, 15) is 9.59 Å². The van der Waals surface area contributed by atoms with Crippen LogP contribution in [0.25, 0.3) is 0 Å². The number of nitrogens with two attached hydrogens (primary N) is 1. The second-order valence-corrected chi connectivity index (χ2v) is 8.12. The lowest BCUT2D eigenvalue weighted by Crippen LogP contribution is -2.31. The number of nitrogens with zero attached hydrogens (tertiary/aromatic N) is 1. The normalized spacial score (nSPS) is 14.8. The molecule has 9 heteroatoms. The minimum atomic E-state index is -0.486. The Labute approximate surface area is 179 Å². The lowest BCUT2D eigenvalue weighted by Gasteiger charge is -2.26. The Morgan fingerprint density at radius 2 is 2.07 bits per heavy atom. The second kappa shape index (κ2) is 9.02. The molecule has 1 aromatic carbocycles. The van der Waals surface area contributed by atoms with Gasteiger partial charge in [-0.25, -0.2) is 0 Å². The second-order valence-electron chi connectivity index (χ2n) is 7.01. The molecular formula is C20H24ClN3O4S. The summed E-state index contributed by atoms with van der Waals surface area (Å²) in [6.07, 6.45) is 2.05. The van der Waals surface area contributed by atoms with Crippen molar-refractivity contribution >= 4 is 40.6 Å². The lowest BCUT2D eigenvalue weighted by molar-refractivity contribution is -0.115. The molecule has 0 spiro atoms. The van der Waals surface area contributed by atoms with Gasteiger partial charge in [0.05, 0.1) is 12.0 Å². The van der Waals surface area contributed by atoms with Gasteiger partial charge >= 0.3 is 0 Å². The van der Waals surface area contributed by atoms with E-state index in [4.69, 9.17) is 15.2 Å². The molecular weight excluding hydrogens is 414 g/mol. The minimum Gasteiger partial charge on any atom is -0.454 e. The van der Waals surface area contributed by atoms with Gasteiger partial charge in [-0.1, -0.05) is 13.0 Å². The average Bonchev–Trinajstić information content (AvgIpc) is 3.24. The van der Waals surface area contributed by atoms with E-state index in [0.29, 0.717) is 22.1 Å². The smallest absolute Gasteiger partial charge is 0.251 e. The maximum Gasteiger partial charge on any atom is 0.251 e. The van der Waals surface area contributed by atoms with Crippen LogP contribution in [0.3, 0.4) is 0 Å². The SMILES string of the molecule is CCCN1CCc2c(sc(NC(=O)Cc3ccc4c(c3)OCO4)c2C(N)=O)C1.Cl. The van der Waals surface area contributed by atoms with Crippen LogP contribution in [0.15, 0.2) is 18.2 Å². The maximum atomic E-state index is 12.6. The third-order valence-electron chi connectivity index (χ3n) is 4.98. The average molecular weight is 438 g/mol. The van der Waals surface area contributed by atoms with Crippen molar-refractivity contribution < 1.29 is 19.1 Å². The highest BCUT2D eigenvalue weighted by Gasteiger charge is 2.27. The summed E-state index contributed by atoms with van der Waals surface area (Å²) in [6, 6.07) is 5.44. The van der Waals surface area contributed by atoms with Gasteiger partial charge in [-0.15, -0.1) is 23.7 Å². The third kappa shape index (κ3) is 4.49. The quantitative estimate of drug-likeness (QED) is 0.724. The van der Waals surface area contributed by atoms with Crippen molar-refractivity contribution in [2.45, 2.75) is 32.7 Å². The molecule has 3 heterocycles. The first-order chi connectivity index (χ1) is 13.5. The van der Waals surface area contributed by atoms with E-state index in [0.717, 1.165) is 48.5 Å². The number of fused-ring (bicyclic) bond motifs is 2. The predicted molar refractivity (Wildman–Crippen MR) is 114 cm³/mol. The molecule has 0 aliphatic carbocycles. The Bertz CT molecular complexity index is 931. The first kappa shape index (κ1) is 21.4. The molecule has 0 saturated carbocycles. The van der Waals surface area contributed by atoms with E-state index in [-0.39, 0.29) is 31.5 Å². The number of halogens is 1. The Morgan fingerprint density at radius 3 is 2.83 bits per heavy atom. The first-order valence-corrected chi connectivity index (χ1v) is 10.2. The van der Waals surface area contributed by atoms with Crippen LogP contribution in [0, 0.1) is 0 Å². The van der Waals surface area contributed by atoms with Gasteiger partial charge in [0.25, 0.3) is 5.91 Å². The van der Waals surface area contributed by atoms with Crippen LogP contribution in [0.1, 0.15) is 39.7 Å². The van der Waals surface area contributed by atoms with E-state index < -0.39 is 5.91 Å². The summed E-state index contributed by atoms with van der Waals surface area (Å²) < 4.78 is 10.6. The van der Waals surface area contributed by atoms with Crippen molar-refractivity contribution in [3.8, 4) is 11.5 Å². The first-order valence-electron chi connectivity index (χ1n) is 9.40. The van der Waals surface area contributed by atoms with Gasteiger partial charge in [-0.3, -0.25) is 14.5 Å². The van der Waals surface area contributed by atoms with Crippen molar-refractivity contribution in [1.82, 2.24) is 4.90 Å². The molecule has 2 aliphatic heterocycles. The summed E-state index contributed by atoms with van der Waals surface area (Å²) >= 11 is 1.46. The number of carbonyl (C=O) groups is 2. The molecule has 0 fully saturated rings. The van der Waals surface area contributed by atoms with Crippen LogP contribution in [-0.4, -0.2) is 36.6 Å². The molecule has 1 aromatic heterocycles. The fourth-order valence-corrected chi connectivity index (χ4v) is 5.03. The molecule has 156 valence electrons. The highest BCUT2D eigenvalue weighted by Crippen LogP contribution is 2.37. The number of rotatable bonds is 6. The number of anilines is 1. The predicted octanol–water partition coefficient (Wildman–Crippen LogP) is 2.95. The molecule has 4 rings (SSSR count). The zero-order valence-electron chi connectivity index (χ0n) is 16.2. The number of ether oxygens (including phenoxy) is 2. The van der Waals surface area contributed by atoms with Gasteiger partial charge in [0.1, 0.15) is 5.00 Å². The lowest BCUT2D eigenvalue weighted by atomic mass is 10.0. The summed E-state index contributed by atoms with van der Waals surface area (Å²) in [5.41, 5.74) is 7.91. The molecule has 3 N–H and O–H groups in total. The number of benzene rings is 1. The zero-order chi connectivity index (χ0) is 19.7. The fourth-order valence-electron chi connectivity index (χ4n) is 3.72. The van der Waals surface area contributed by atoms with E-state index >= 15 is 0 Å². The Morgan fingerprint density at radius 1 is 1.28 bits per heavy atom. The maximum absolute atomic E-state index is 12.6. The number of carbonyl (C=O) groups excluding carboxylic acids is 2. The highest BCUT2D eigenvalue weighted by molar-refractivity contribution is 7.17. The molecule has 0 unspecified atom stereocenters. The van der Waals surface area contributed by atoms with Crippen molar-refractivity contribution in [2.75, 3.05) is 25.2 Å². The largest absolute Gasteiger partial charge is 0.454 e. The number of thiophene rings is 1. The van der Waals surface area contributed by atoms with Crippen LogP contribution < -0.4 is 20.5 Å². The van der Waals surface area contributed by atoms with Gasteiger partial charge in [0.2, 0.25) is 12.7 Å². The molecule has 7 nitrogen and oxygen atoms in total. The van der Waals surface area contributed by atoms with Crippen LogP contribution in [0.4, 0.5) is 5.00 Å². The van der Waals surface area contributed by atoms with Crippen molar-refractivity contribution in [2.24, 2.45) is 5.73 Å². The Kier molecular flexibility index (Phi) is 6.66. The summed E-state index contributed by atoms with van der Waals surface area (Å²) in [6.45, 7) is 5.08. The van der Waals surface area contributed by atoms with Crippen molar-refractivity contribution in [3.63, 3.8) is 0 Å². The van der Waals surface area contributed by atoms with Gasteiger partial charge < -0.3 is 20.5 Å². The summed E-state index contributed by atoms with van der Waals surface area (Å²) in [5.74, 6) is 0.652. The molecule has 2 amide bonds. The summed E-state index contributed by atoms with van der Waals surface area (Å²) in [7, 11) is 0. The molecule has 29 heavy (non-hydrogen) atoms. The van der Waals surface area contributed by atoms with Gasteiger partial charge in [-0.05, 0) is 42.6 Å². The van der Waals surface area contributed by atoms with Crippen molar-refractivity contribution in [1.29, 1.82) is 0 Å². The monoisotopic (exact) mass is 437 g/mol. The fraction of sp³-hybridized carbons (Fsp3) is 0.400. The van der Waals surface area contributed by atoms with E-state index in [1.165, 1.54) is 11.3 Å². The highest BCUT2D eigenvalue weighted by atomic mass is 35.5. The zero-order valence-corrected chi connectivity index (χ0v) is 17.8. The van der Waals surface area contributed by atoms with Crippen LogP contribution in [-0.2, 0) is 24.2 Å². The third-order valence-corrected chi connectivity index (χ3v) is 6.11. The number of hydrogen-bond donors (Lipinski definition) is 2. The van der Waals surface area contributed by atoms with Crippen LogP contribution in [0.5, 0.6) is 11.5 Å². The minimum absolute atomic E-state index is 0. The molecule has 0 bridgehead atoms. The van der Waals surface area contributed by atoms with E-state index in [1.54, 1.807) is 12.1 Å². The molecule has 0 saturated heterocycles. The number of primary amides is 1. The molecule has 0 atom stereocenters. The Hall–Kier alpha value is -2.29. The summed E-state index contributed by atoms with van der Waals surface area (Å²) in [4.78, 5) is 28.1. The van der Waals surface area contributed by atoms with Gasteiger partial charge in [0, 0.05) is 18.0 Å². The Balaban J connectivity index is 0.00000240.